The van der Waals surface area contributed by atoms with E-state index in [4.69, 9.17) is 9.47 Å². The highest BCUT2D eigenvalue weighted by Gasteiger charge is 2.32. The van der Waals surface area contributed by atoms with Gasteiger partial charge in [0.05, 0.1) is 19.5 Å². The molecule has 0 fully saturated rings. The molecular formula is C20H19O3P. The Balaban J connectivity index is 2.32. The molecule has 0 saturated carbocycles. The molecule has 0 N–H and O–H groups in total. The third kappa shape index (κ3) is 2.83. The van der Waals surface area contributed by atoms with Gasteiger partial charge in [0.15, 0.2) is 7.14 Å². The number of hydrogen-bond donors (Lipinski definition) is 0. The molecule has 0 saturated heterocycles. The maximum absolute atomic E-state index is 14.3. The highest BCUT2D eigenvalue weighted by molar-refractivity contribution is 7.85. The number of hydrogen-bond acceptors (Lipinski definition) is 3. The van der Waals surface area contributed by atoms with E-state index in [1.165, 1.54) is 0 Å². The molecule has 4 heteroatoms. The lowest BCUT2D eigenvalue weighted by Crippen LogP contribution is -2.26. The zero-order valence-electron chi connectivity index (χ0n) is 13.7. The van der Waals surface area contributed by atoms with E-state index >= 15 is 0 Å². The van der Waals surface area contributed by atoms with Crippen molar-refractivity contribution >= 4 is 23.1 Å². The van der Waals surface area contributed by atoms with Crippen LogP contribution in [0.15, 0.2) is 78.9 Å². The van der Waals surface area contributed by atoms with Gasteiger partial charge < -0.3 is 14.0 Å². The van der Waals surface area contributed by atoms with Crippen LogP contribution in [0.25, 0.3) is 0 Å². The minimum absolute atomic E-state index is 0.618. The average Bonchev–Trinajstić information content (AvgIpc) is 2.68. The highest BCUT2D eigenvalue weighted by atomic mass is 31.2. The quantitative estimate of drug-likeness (QED) is 0.670. The van der Waals surface area contributed by atoms with Crippen molar-refractivity contribution in [3.63, 3.8) is 0 Å². The summed E-state index contributed by atoms with van der Waals surface area (Å²) in [6, 6.07) is 24.4. The molecular weight excluding hydrogens is 319 g/mol. The number of rotatable bonds is 5. The van der Waals surface area contributed by atoms with Gasteiger partial charge in [0.25, 0.3) is 0 Å². The molecule has 3 rings (SSSR count). The van der Waals surface area contributed by atoms with Gasteiger partial charge >= 0.3 is 0 Å². The van der Waals surface area contributed by atoms with Crippen LogP contribution in [-0.4, -0.2) is 14.2 Å². The summed E-state index contributed by atoms with van der Waals surface area (Å²) < 4.78 is 25.1. The third-order valence-electron chi connectivity index (χ3n) is 3.96. The summed E-state index contributed by atoms with van der Waals surface area (Å²) in [5, 5.41) is 2.17. The van der Waals surface area contributed by atoms with E-state index in [-0.39, 0.29) is 0 Å². The fourth-order valence-electron chi connectivity index (χ4n) is 2.76. The third-order valence-corrected chi connectivity index (χ3v) is 7.04. The van der Waals surface area contributed by atoms with Gasteiger partial charge in [0.1, 0.15) is 11.5 Å². The molecule has 1 atom stereocenters. The maximum Gasteiger partial charge on any atom is 0.174 e. The van der Waals surface area contributed by atoms with Gasteiger partial charge in [-0.3, -0.25) is 0 Å². The van der Waals surface area contributed by atoms with E-state index in [1.54, 1.807) is 14.2 Å². The van der Waals surface area contributed by atoms with Crippen LogP contribution in [0.1, 0.15) is 0 Å². The molecule has 0 heterocycles. The zero-order chi connectivity index (χ0) is 17.0. The Morgan fingerprint density at radius 2 is 1.38 bits per heavy atom. The van der Waals surface area contributed by atoms with Crippen molar-refractivity contribution in [1.29, 1.82) is 0 Å². The standard InChI is InChI=1S/C20H19O3P/c1-22-16-9-8-12-18(15-16)24(21,17-10-4-3-5-11-17)20-14-7-6-13-19(20)23-2/h3-15H,1-2H3/t24-/m0/s1. The predicted molar refractivity (Wildman–Crippen MR) is 98.9 cm³/mol. The Bertz CT molecular complexity index is 875. The van der Waals surface area contributed by atoms with E-state index in [9.17, 15) is 4.57 Å². The van der Waals surface area contributed by atoms with Crippen molar-refractivity contribution < 1.29 is 14.0 Å². The molecule has 122 valence electrons. The van der Waals surface area contributed by atoms with E-state index in [1.807, 2.05) is 78.9 Å². The second kappa shape index (κ2) is 6.94. The van der Waals surface area contributed by atoms with Crippen LogP contribution >= 0.6 is 7.14 Å². The lowest BCUT2D eigenvalue weighted by atomic mass is 10.3. The Morgan fingerprint density at radius 1 is 0.708 bits per heavy atom. The minimum Gasteiger partial charge on any atom is -0.497 e. The van der Waals surface area contributed by atoms with Crippen molar-refractivity contribution in [2.24, 2.45) is 0 Å². The van der Waals surface area contributed by atoms with Crippen LogP contribution in [0.4, 0.5) is 0 Å². The summed E-state index contributed by atoms with van der Waals surface area (Å²) in [7, 11) is 0.128. The molecule has 0 amide bonds. The Kier molecular flexibility index (Phi) is 4.73. The molecule has 3 aromatic rings. The summed E-state index contributed by atoms with van der Waals surface area (Å²) in [4.78, 5) is 0. The lowest BCUT2D eigenvalue weighted by Gasteiger charge is -2.22. The number of para-hydroxylation sites is 1. The van der Waals surface area contributed by atoms with Crippen LogP contribution in [0.5, 0.6) is 11.5 Å². The van der Waals surface area contributed by atoms with E-state index in [0.717, 1.165) is 10.6 Å². The summed E-state index contributed by atoms with van der Waals surface area (Å²) in [6.45, 7) is 0. The Morgan fingerprint density at radius 3 is 2.08 bits per heavy atom. The van der Waals surface area contributed by atoms with Crippen molar-refractivity contribution in [1.82, 2.24) is 0 Å². The van der Waals surface area contributed by atoms with E-state index in [2.05, 4.69) is 0 Å². The predicted octanol–water partition coefficient (Wildman–Crippen LogP) is 3.34. The van der Waals surface area contributed by atoms with Crippen LogP contribution < -0.4 is 25.4 Å². The van der Waals surface area contributed by atoms with Crippen molar-refractivity contribution in [2.75, 3.05) is 14.2 Å². The normalized spacial score (nSPS) is 13.1. The first-order valence-corrected chi connectivity index (χ1v) is 9.34. The molecule has 0 aliphatic carbocycles. The molecule has 0 aliphatic rings. The molecule has 0 spiro atoms. The molecule has 0 radical (unpaired) electrons. The molecule has 3 aromatic carbocycles. The second-order valence-electron chi connectivity index (χ2n) is 5.32. The largest absolute Gasteiger partial charge is 0.497 e. The summed E-state index contributed by atoms with van der Waals surface area (Å²) >= 11 is 0. The van der Waals surface area contributed by atoms with E-state index < -0.39 is 7.14 Å². The molecule has 0 unspecified atom stereocenters. The van der Waals surface area contributed by atoms with Crippen LogP contribution in [0.3, 0.4) is 0 Å². The second-order valence-corrected chi connectivity index (χ2v) is 8.05. The van der Waals surface area contributed by atoms with Crippen molar-refractivity contribution in [2.45, 2.75) is 0 Å². The first-order chi connectivity index (χ1) is 11.7. The average molecular weight is 338 g/mol. The van der Waals surface area contributed by atoms with Crippen molar-refractivity contribution in [3.8, 4) is 11.5 Å². The minimum atomic E-state index is -3.08. The Hall–Kier alpha value is -2.51. The smallest absolute Gasteiger partial charge is 0.174 e. The molecule has 3 nitrogen and oxygen atoms in total. The monoisotopic (exact) mass is 338 g/mol. The lowest BCUT2D eigenvalue weighted by molar-refractivity contribution is 0.415. The van der Waals surface area contributed by atoms with Crippen LogP contribution in [0.2, 0.25) is 0 Å². The fraction of sp³-hybridized carbons (Fsp3) is 0.100. The van der Waals surface area contributed by atoms with Gasteiger partial charge in [0, 0.05) is 10.6 Å². The first-order valence-electron chi connectivity index (χ1n) is 7.64. The van der Waals surface area contributed by atoms with Gasteiger partial charge in [-0.15, -0.1) is 0 Å². The summed E-state index contributed by atoms with van der Waals surface area (Å²) in [5.41, 5.74) is 0. The molecule has 0 bridgehead atoms. The van der Waals surface area contributed by atoms with Gasteiger partial charge in [-0.05, 0) is 24.3 Å². The van der Waals surface area contributed by atoms with Crippen LogP contribution in [-0.2, 0) is 4.57 Å². The number of benzene rings is 3. The molecule has 24 heavy (non-hydrogen) atoms. The van der Waals surface area contributed by atoms with Gasteiger partial charge in [0.2, 0.25) is 0 Å². The number of ether oxygens (including phenoxy) is 2. The highest BCUT2D eigenvalue weighted by Crippen LogP contribution is 2.45. The first kappa shape index (κ1) is 16.4. The SMILES string of the molecule is COc1cccc([P@@](=O)(c2ccccc2)c2ccccc2OC)c1. The summed E-state index contributed by atoms with van der Waals surface area (Å²) in [5.74, 6) is 1.30. The molecule has 0 aliphatic heterocycles. The van der Waals surface area contributed by atoms with Gasteiger partial charge in [-0.25, -0.2) is 0 Å². The van der Waals surface area contributed by atoms with Crippen molar-refractivity contribution in [3.05, 3.63) is 78.9 Å². The van der Waals surface area contributed by atoms with Crippen LogP contribution in [0, 0.1) is 0 Å². The molecule has 0 aromatic heterocycles. The fourth-order valence-corrected chi connectivity index (χ4v) is 5.59. The Labute approximate surface area is 142 Å². The zero-order valence-corrected chi connectivity index (χ0v) is 14.6. The topological polar surface area (TPSA) is 35.5 Å². The van der Waals surface area contributed by atoms with E-state index in [0.29, 0.717) is 16.8 Å². The summed E-state index contributed by atoms with van der Waals surface area (Å²) in [6.07, 6.45) is 0. The number of methoxy groups -OCH3 is 2. The van der Waals surface area contributed by atoms with Gasteiger partial charge in [-0.2, -0.15) is 0 Å². The van der Waals surface area contributed by atoms with Gasteiger partial charge in [-0.1, -0.05) is 54.6 Å². The maximum atomic E-state index is 14.3.